The molecule has 2 aliphatic rings. The largest absolute Gasteiger partial charge is 0.394 e. The number of carbonyl (C=O) groups is 1. The monoisotopic (exact) mass is 366 g/mol. The van der Waals surface area contributed by atoms with Gasteiger partial charge in [0.25, 0.3) is 0 Å². The van der Waals surface area contributed by atoms with E-state index in [1.165, 1.54) is 0 Å². The molecule has 1 N–H and O–H groups in total. The third kappa shape index (κ3) is 4.00. The van der Waals surface area contributed by atoms with Gasteiger partial charge in [-0.25, -0.2) is 0 Å². The normalized spacial score (nSPS) is 25.1. The fraction of sp³-hybridized carbons (Fsp3) is 0.545. The molecule has 3 rings (SSSR count). The second kappa shape index (κ2) is 9.04. The van der Waals surface area contributed by atoms with Crippen LogP contribution in [0.1, 0.15) is 49.7 Å². The lowest BCUT2D eigenvalue weighted by atomic mass is 9.74. The number of amides is 1. The number of benzene rings is 1. The van der Waals surface area contributed by atoms with Crippen LogP contribution in [0.5, 0.6) is 0 Å². The third-order valence-electron chi connectivity index (χ3n) is 5.46. The van der Waals surface area contributed by atoms with Gasteiger partial charge in [-0.3, -0.25) is 4.79 Å². The number of nitriles is 1. The quantitative estimate of drug-likeness (QED) is 0.831. The number of hydrogen-bond donors (Lipinski definition) is 1. The van der Waals surface area contributed by atoms with Gasteiger partial charge in [0.2, 0.25) is 5.91 Å². The molecular weight excluding hydrogens is 340 g/mol. The van der Waals surface area contributed by atoms with E-state index in [-0.39, 0.29) is 30.4 Å². The predicted octanol–water partition coefficient (Wildman–Crippen LogP) is 2.44. The number of likely N-dealkylation sites (tertiary alicyclic amines) is 1. The molecule has 142 valence electrons. The van der Waals surface area contributed by atoms with Gasteiger partial charge >= 0.3 is 0 Å². The molecule has 0 aromatic heterocycles. The van der Waals surface area contributed by atoms with Crippen LogP contribution in [0.15, 0.2) is 24.3 Å². The van der Waals surface area contributed by atoms with Gasteiger partial charge in [-0.2, -0.15) is 5.26 Å². The molecule has 3 atom stereocenters. The van der Waals surface area contributed by atoms with E-state index in [0.717, 1.165) is 24.0 Å². The topological polar surface area (TPSA) is 73.6 Å². The molecule has 1 amide bonds. The molecule has 5 nitrogen and oxygen atoms in total. The standard InChI is InChI=1S/C22H26N2O3/c1-2-3-4-5-16-6-8-17(9-7-16)21-19(14-23)24(20(21)15-25)22(26)18-10-12-27-13-11-18/h6-9,18-21,25H,2-3,10-13,15H2,1H3/t19-,20+,21-/m1/s1. The van der Waals surface area contributed by atoms with Crippen LogP contribution in [0.2, 0.25) is 0 Å². The summed E-state index contributed by atoms with van der Waals surface area (Å²) < 4.78 is 5.33. The molecule has 0 aliphatic carbocycles. The van der Waals surface area contributed by atoms with Crippen molar-refractivity contribution in [3.05, 3.63) is 35.4 Å². The van der Waals surface area contributed by atoms with Crippen molar-refractivity contribution in [2.75, 3.05) is 19.8 Å². The van der Waals surface area contributed by atoms with Crippen molar-refractivity contribution in [2.24, 2.45) is 5.92 Å². The zero-order valence-corrected chi connectivity index (χ0v) is 15.7. The average Bonchev–Trinajstić information content (AvgIpc) is 2.70. The van der Waals surface area contributed by atoms with E-state index >= 15 is 0 Å². The van der Waals surface area contributed by atoms with E-state index in [0.29, 0.717) is 26.1 Å². The van der Waals surface area contributed by atoms with Crippen LogP contribution in [0.25, 0.3) is 0 Å². The van der Waals surface area contributed by atoms with Gasteiger partial charge in [-0.05, 0) is 37.0 Å². The van der Waals surface area contributed by atoms with Crippen LogP contribution in [-0.4, -0.2) is 47.8 Å². The molecule has 1 aromatic rings. The highest BCUT2D eigenvalue weighted by Gasteiger charge is 2.52. The van der Waals surface area contributed by atoms with Gasteiger partial charge in [0.15, 0.2) is 0 Å². The molecule has 27 heavy (non-hydrogen) atoms. The van der Waals surface area contributed by atoms with Crippen LogP contribution in [0.3, 0.4) is 0 Å². The molecule has 5 heteroatoms. The van der Waals surface area contributed by atoms with Gasteiger partial charge in [-0.15, -0.1) is 0 Å². The Morgan fingerprint density at radius 1 is 1.30 bits per heavy atom. The molecule has 1 aromatic carbocycles. The van der Waals surface area contributed by atoms with Crippen LogP contribution in [0.4, 0.5) is 0 Å². The van der Waals surface area contributed by atoms with Crippen LogP contribution in [0, 0.1) is 29.1 Å². The van der Waals surface area contributed by atoms with Crippen molar-refractivity contribution in [1.29, 1.82) is 5.26 Å². The van der Waals surface area contributed by atoms with E-state index in [9.17, 15) is 15.2 Å². The Balaban J connectivity index is 1.75. The first-order valence-corrected chi connectivity index (χ1v) is 9.70. The summed E-state index contributed by atoms with van der Waals surface area (Å²) in [6, 6.07) is 9.22. The average molecular weight is 366 g/mol. The lowest BCUT2D eigenvalue weighted by Crippen LogP contribution is -2.66. The SMILES string of the molecule is CCCC#Cc1ccc([C@@H]2[C@@H](C#N)N(C(=O)C3CCOCC3)[C@H]2CO)cc1. The van der Waals surface area contributed by atoms with Crippen molar-refractivity contribution >= 4 is 5.91 Å². The van der Waals surface area contributed by atoms with Crippen molar-refractivity contribution < 1.29 is 14.6 Å². The number of nitrogens with zero attached hydrogens (tertiary/aromatic N) is 2. The minimum absolute atomic E-state index is 0.0257. The fourth-order valence-corrected chi connectivity index (χ4v) is 3.94. The lowest BCUT2D eigenvalue weighted by molar-refractivity contribution is -0.154. The van der Waals surface area contributed by atoms with Gasteiger partial charge < -0.3 is 14.7 Å². The molecule has 2 aliphatic heterocycles. The fourth-order valence-electron chi connectivity index (χ4n) is 3.94. The number of aliphatic hydroxyl groups is 1. The number of carbonyl (C=O) groups excluding carboxylic acids is 1. The number of aliphatic hydroxyl groups excluding tert-OH is 1. The van der Waals surface area contributed by atoms with E-state index in [4.69, 9.17) is 4.74 Å². The maximum atomic E-state index is 12.9. The predicted molar refractivity (Wildman–Crippen MR) is 102 cm³/mol. The molecule has 0 saturated carbocycles. The highest BCUT2D eigenvalue weighted by molar-refractivity contribution is 5.81. The Labute approximate surface area is 160 Å². The maximum Gasteiger partial charge on any atom is 0.227 e. The summed E-state index contributed by atoms with van der Waals surface area (Å²) in [5.41, 5.74) is 1.91. The van der Waals surface area contributed by atoms with Crippen LogP contribution >= 0.6 is 0 Å². The molecule has 2 saturated heterocycles. The molecule has 2 fully saturated rings. The highest BCUT2D eigenvalue weighted by Crippen LogP contribution is 2.42. The first-order chi connectivity index (χ1) is 13.2. The number of ether oxygens (including phenoxy) is 1. The molecular formula is C22H26N2O3. The van der Waals surface area contributed by atoms with Gasteiger partial charge in [0, 0.05) is 37.0 Å². The van der Waals surface area contributed by atoms with Gasteiger partial charge in [-0.1, -0.05) is 30.9 Å². The third-order valence-corrected chi connectivity index (χ3v) is 5.46. The van der Waals surface area contributed by atoms with Gasteiger partial charge in [0.05, 0.1) is 18.7 Å². The molecule has 0 bridgehead atoms. The van der Waals surface area contributed by atoms with E-state index < -0.39 is 6.04 Å². The Bertz CT molecular complexity index is 750. The number of hydrogen-bond acceptors (Lipinski definition) is 4. The Morgan fingerprint density at radius 2 is 2.00 bits per heavy atom. The number of unbranched alkanes of at least 4 members (excludes halogenated alkanes) is 1. The van der Waals surface area contributed by atoms with E-state index in [1.807, 2.05) is 24.3 Å². The van der Waals surface area contributed by atoms with Crippen molar-refractivity contribution in [3.8, 4) is 17.9 Å². The lowest BCUT2D eigenvalue weighted by Gasteiger charge is -2.52. The second-order valence-corrected chi connectivity index (χ2v) is 7.16. The Hall–Kier alpha value is -2.34. The summed E-state index contributed by atoms with van der Waals surface area (Å²) in [5, 5.41) is 19.6. The zero-order valence-electron chi connectivity index (χ0n) is 15.7. The van der Waals surface area contributed by atoms with Crippen molar-refractivity contribution in [3.63, 3.8) is 0 Å². The van der Waals surface area contributed by atoms with Crippen molar-refractivity contribution in [1.82, 2.24) is 4.90 Å². The second-order valence-electron chi connectivity index (χ2n) is 7.16. The summed E-state index contributed by atoms with van der Waals surface area (Å²) in [6.07, 6.45) is 3.27. The summed E-state index contributed by atoms with van der Waals surface area (Å²) in [5.74, 6) is 5.95. The minimum atomic E-state index is -0.533. The van der Waals surface area contributed by atoms with Crippen LogP contribution < -0.4 is 0 Å². The van der Waals surface area contributed by atoms with E-state index in [2.05, 4.69) is 24.8 Å². The first-order valence-electron chi connectivity index (χ1n) is 9.70. The number of rotatable bonds is 4. The molecule has 2 heterocycles. The minimum Gasteiger partial charge on any atom is -0.394 e. The molecule has 0 radical (unpaired) electrons. The Kier molecular flexibility index (Phi) is 6.50. The first kappa shape index (κ1) is 19.4. The summed E-state index contributed by atoms with van der Waals surface area (Å²) >= 11 is 0. The maximum absolute atomic E-state index is 12.9. The highest BCUT2D eigenvalue weighted by atomic mass is 16.5. The molecule has 0 unspecified atom stereocenters. The zero-order chi connectivity index (χ0) is 19.2. The van der Waals surface area contributed by atoms with Crippen molar-refractivity contribution in [2.45, 2.75) is 50.6 Å². The van der Waals surface area contributed by atoms with Gasteiger partial charge in [0.1, 0.15) is 6.04 Å². The van der Waals surface area contributed by atoms with Crippen LogP contribution in [-0.2, 0) is 9.53 Å². The summed E-state index contributed by atoms with van der Waals surface area (Å²) in [4.78, 5) is 14.5. The summed E-state index contributed by atoms with van der Waals surface area (Å²) in [7, 11) is 0. The van der Waals surface area contributed by atoms with E-state index in [1.54, 1.807) is 4.90 Å². The Morgan fingerprint density at radius 3 is 2.59 bits per heavy atom. The smallest absolute Gasteiger partial charge is 0.227 e. The summed E-state index contributed by atoms with van der Waals surface area (Å²) in [6.45, 7) is 3.11. The molecule has 0 spiro atoms.